The van der Waals surface area contributed by atoms with E-state index in [1.54, 1.807) is 42.5 Å². The van der Waals surface area contributed by atoms with Gasteiger partial charge in [0.25, 0.3) is 5.91 Å². The molecule has 6 nitrogen and oxygen atoms in total. The van der Waals surface area contributed by atoms with Crippen LogP contribution in [0.15, 0.2) is 54.2 Å². The Morgan fingerprint density at radius 2 is 1.92 bits per heavy atom. The lowest BCUT2D eigenvalue weighted by atomic mass is 10.1. The van der Waals surface area contributed by atoms with E-state index in [0.717, 1.165) is 4.90 Å². The summed E-state index contributed by atoms with van der Waals surface area (Å²) >= 11 is 0. The van der Waals surface area contributed by atoms with Gasteiger partial charge in [0.15, 0.2) is 11.5 Å². The molecule has 0 atom stereocenters. The minimum atomic E-state index is -0.499. The highest BCUT2D eigenvalue weighted by Gasteiger charge is 2.34. The maximum Gasteiger partial charge on any atom is 0.333 e. The zero-order chi connectivity index (χ0) is 17.1. The molecule has 2 aromatic rings. The lowest BCUT2D eigenvalue weighted by Gasteiger charge is -2.10. The van der Waals surface area contributed by atoms with Crippen molar-refractivity contribution in [2.75, 3.05) is 11.5 Å². The van der Waals surface area contributed by atoms with Crippen LogP contribution < -0.4 is 15.0 Å². The Kier molecular flexibility index (Phi) is 4.20. The number of hydrogen-bond acceptors (Lipinski definition) is 4. The molecule has 0 aliphatic carbocycles. The van der Waals surface area contributed by atoms with Gasteiger partial charge in [0.2, 0.25) is 0 Å². The Bertz CT molecular complexity index is 815. The third-order valence-electron chi connectivity index (χ3n) is 3.49. The Balaban J connectivity index is 1.91. The third-order valence-corrected chi connectivity index (χ3v) is 3.49. The van der Waals surface area contributed by atoms with Gasteiger partial charge in [0.05, 0.1) is 12.3 Å². The maximum atomic E-state index is 12.5. The van der Waals surface area contributed by atoms with Crippen LogP contribution in [0.5, 0.6) is 11.5 Å². The van der Waals surface area contributed by atoms with Gasteiger partial charge in [0.1, 0.15) is 5.70 Å². The van der Waals surface area contributed by atoms with Gasteiger partial charge < -0.3 is 15.2 Å². The van der Waals surface area contributed by atoms with Gasteiger partial charge in [0, 0.05) is 0 Å². The summed E-state index contributed by atoms with van der Waals surface area (Å²) in [5.74, 6) is -0.0903. The summed E-state index contributed by atoms with van der Waals surface area (Å²) in [5.41, 5.74) is 1.30. The summed E-state index contributed by atoms with van der Waals surface area (Å²) in [5, 5.41) is 12.3. The van der Waals surface area contributed by atoms with Gasteiger partial charge in [-0.2, -0.15) is 0 Å². The number of urea groups is 1. The van der Waals surface area contributed by atoms with E-state index >= 15 is 0 Å². The van der Waals surface area contributed by atoms with Crippen molar-refractivity contribution in [2.45, 2.75) is 6.92 Å². The number of nitrogens with zero attached hydrogens (tertiary/aromatic N) is 1. The van der Waals surface area contributed by atoms with Crippen molar-refractivity contribution in [1.82, 2.24) is 5.32 Å². The summed E-state index contributed by atoms with van der Waals surface area (Å²) in [7, 11) is 0. The second kappa shape index (κ2) is 6.45. The molecule has 1 aliphatic heterocycles. The first-order valence-electron chi connectivity index (χ1n) is 7.48. The average Bonchev–Trinajstić information content (AvgIpc) is 2.85. The van der Waals surface area contributed by atoms with Crippen LogP contribution in [0.3, 0.4) is 0 Å². The topological polar surface area (TPSA) is 78.9 Å². The summed E-state index contributed by atoms with van der Waals surface area (Å²) in [6, 6.07) is 12.9. The summed E-state index contributed by atoms with van der Waals surface area (Å²) in [4.78, 5) is 25.7. The van der Waals surface area contributed by atoms with Crippen LogP contribution in [-0.4, -0.2) is 23.7 Å². The van der Waals surface area contributed by atoms with Crippen LogP contribution in [0.1, 0.15) is 12.5 Å². The number of nitrogens with one attached hydrogen (secondary N) is 1. The van der Waals surface area contributed by atoms with Gasteiger partial charge in [-0.05, 0) is 42.8 Å². The average molecular weight is 324 g/mol. The van der Waals surface area contributed by atoms with E-state index in [2.05, 4.69) is 5.32 Å². The van der Waals surface area contributed by atoms with Crippen molar-refractivity contribution in [3.05, 3.63) is 59.8 Å². The van der Waals surface area contributed by atoms with E-state index in [-0.39, 0.29) is 11.4 Å². The number of amides is 3. The number of ether oxygens (including phenoxy) is 1. The minimum absolute atomic E-state index is 0.0201. The molecule has 0 unspecified atom stereocenters. The molecule has 0 saturated carbocycles. The Morgan fingerprint density at radius 1 is 1.17 bits per heavy atom. The third kappa shape index (κ3) is 2.94. The molecule has 0 radical (unpaired) electrons. The number of carbonyl (C=O) groups is 2. The van der Waals surface area contributed by atoms with Crippen LogP contribution in [0.2, 0.25) is 0 Å². The highest BCUT2D eigenvalue weighted by Crippen LogP contribution is 2.28. The highest BCUT2D eigenvalue weighted by atomic mass is 16.5. The van der Waals surface area contributed by atoms with Crippen molar-refractivity contribution in [3.8, 4) is 11.5 Å². The lowest BCUT2D eigenvalue weighted by molar-refractivity contribution is -0.113. The number of benzene rings is 2. The number of carbonyl (C=O) groups excluding carboxylic acids is 2. The molecule has 3 amide bonds. The van der Waals surface area contributed by atoms with Gasteiger partial charge in [-0.1, -0.05) is 24.3 Å². The normalized spacial score (nSPS) is 15.7. The number of phenols is 1. The number of imide groups is 1. The van der Waals surface area contributed by atoms with Crippen LogP contribution in [0.4, 0.5) is 10.5 Å². The molecule has 0 aromatic heterocycles. The Morgan fingerprint density at radius 3 is 2.62 bits per heavy atom. The molecule has 6 heteroatoms. The minimum Gasteiger partial charge on any atom is -0.504 e. The predicted molar refractivity (Wildman–Crippen MR) is 89.7 cm³/mol. The fourth-order valence-electron chi connectivity index (χ4n) is 2.40. The summed E-state index contributed by atoms with van der Waals surface area (Å²) in [6.45, 7) is 2.22. The molecule has 1 saturated heterocycles. The first-order chi connectivity index (χ1) is 11.6. The van der Waals surface area contributed by atoms with Crippen LogP contribution >= 0.6 is 0 Å². The van der Waals surface area contributed by atoms with E-state index < -0.39 is 11.9 Å². The Hall–Kier alpha value is -3.28. The number of para-hydroxylation sites is 1. The molecule has 1 heterocycles. The number of rotatable bonds is 4. The zero-order valence-corrected chi connectivity index (χ0v) is 13.0. The summed E-state index contributed by atoms with van der Waals surface area (Å²) < 4.78 is 5.32. The van der Waals surface area contributed by atoms with Gasteiger partial charge >= 0.3 is 6.03 Å². The molecule has 24 heavy (non-hydrogen) atoms. The lowest BCUT2D eigenvalue weighted by Crippen LogP contribution is -2.30. The molecule has 2 N–H and O–H groups in total. The van der Waals surface area contributed by atoms with E-state index in [0.29, 0.717) is 23.6 Å². The highest BCUT2D eigenvalue weighted by molar-refractivity contribution is 6.28. The molecular weight excluding hydrogens is 308 g/mol. The van der Waals surface area contributed by atoms with Crippen LogP contribution in [0.25, 0.3) is 6.08 Å². The number of hydrogen-bond donors (Lipinski definition) is 2. The second-order valence-corrected chi connectivity index (χ2v) is 5.12. The standard InChI is InChI=1S/C18H16N2O4/c1-2-24-16-11-12(8-9-15(16)21)10-14-17(22)20(18(23)19-14)13-6-4-3-5-7-13/h3-11,21H,2H2,1H3,(H,19,23)/b14-10+. The first kappa shape index (κ1) is 15.6. The SMILES string of the molecule is CCOc1cc(/C=C2/NC(=O)N(c3ccccc3)C2=O)ccc1O. The van der Waals surface area contributed by atoms with E-state index in [9.17, 15) is 14.7 Å². The number of aromatic hydroxyl groups is 1. The molecule has 0 spiro atoms. The largest absolute Gasteiger partial charge is 0.504 e. The fourth-order valence-corrected chi connectivity index (χ4v) is 2.40. The van der Waals surface area contributed by atoms with Crippen molar-refractivity contribution in [3.63, 3.8) is 0 Å². The monoisotopic (exact) mass is 324 g/mol. The van der Waals surface area contributed by atoms with Crippen molar-refractivity contribution in [2.24, 2.45) is 0 Å². The van der Waals surface area contributed by atoms with E-state index in [1.165, 1.54) is 6.07 Å². The first-order valence-corrected chi connectivity index (χ1v) is 7.48. The van der Waals surface area contributed by atoms with Crippen molar-refractivity contribution < 1.29 is 19.4 Å². The van der Waals surface area contributed by atoms with Gasteiger partial charge in [-0.15, -0.1) is 0 Å². The summed E-state index contributed by atoms with van der Waals surface area (Å²) in [6.07, 6.45) is 1.55. The molecule has 122 valence electrons. The molecule has 1 fully saturated rings. The Labute approximate surface area is 139 Å². The fraction of sp³-hybridized carbons (Fsp3) is 0.111. The predicted octanol–water partition coefficient (Wildman–Crippen LogP) is 2.89. The van der Waals surface area contributed by atoms with Gasteiger partial charge in [-0.25, -0.2) is 9.69 Å². The number of phenolic OH excluding ortho intramolecular Hbond substituents is 1. The maximum absolute atomic E-state index is 12.5. The smallest absolute Gasteiger partial charge is 0.333 e. The molecule has 1 aliphatic rings. The van der Waals surface area contributed by atoms with Crippen molar-refractivity contribution >= 4 is 23.7 Å². The zero-order valence-electron chi connectivity index (χ0n) is 13.0. The quantitative estimate of drug-likeness (QED) is 0.669. The molecule has 0 bridgehead atoms. The van der Waals surface area contributed by atoms with E-state index in [1.807, 2.05) is 13.0 Å². The second-order valence-electron chi connectivity index (χ2n) is 5.12. The van der Waals surface area contributed by atoms with Gasteiger partial charge in [-0.3, -0.25) is 4.79 Å². The number of anilines is 1. The van der Waals surface area contributed by atoms with E-state index in [4.69, 9.17) is 4.74 Å². The molecule has 3 rings (SSSR count). The molecule has 2 aromatic carbocycles. The van der Waals surface area contributed by atoms with Crippen LogP contribution in [-0.2, 0) is 4.79 Å². The van der Waals surface area contributed by atoms with Crippen molar-refractivity contribution in [1.29, 1.82) is 0 Å². The van der Waals surface area contributed by atoms with Crippen LogP contribution in [0, 0.1) is 0 Å². The molecular formula is C18H16N2O4.